The van der Waals surface area contributed by atoms with E-state index in [1.54, 1.807) is 24.3 Å². The minimum Gasteiger partial charge on any atom is -0.325 e. The molecule has 0 bridgehead atoms. The zero-order chi connectivity index (χ0) is 16.7. The number of amides is 1. The first-order valence-corrected chi connectivity index (χ1v) is 8.43. The molecule has 2 nitrogen and oxygen atoms in total. The molecule has 0 radical (unpaired) electrons. The second kappa shape index (κ2) is 5.83. The largest absolute Gasteiger partial charge is 0.325 e. The number of carbonyl (C=O) groups excluding carboxylic acids is 1. The van der Waals surface area contributed by atoms with Gasteiger partial charge in [-0.1, -0.05) is 30.3 Å². The molecule has 4 rings (SSSR count). The van der Waals surface area contributed by atoms with Crippen LogP contribution in [0.15, 0.2) is 53.9 Å². The number of anilines is 1. The second-order valence-electron chi connectivity index (χ2n) is 5.73. The average molecular weight is 341 g/mol. The summed E-state index contributed by atoms with van der Waals surface area (Å²) in [5, 5.41) is 4.71. The molecule has 1 atom stereocenters. The number of thiophene rings is 1. The highest BCUT2D eigenvalue weighted by Crippen LogP contribution is 2.46. The zero-order valence-electron chi connectivity index (χ0n) is 12.6. The van der Waals surface area contributed by atoms with Crippen LogP contribution in [0.1, 0.15) is 22.8 Å². The van der Waals surface area contributed by atoms with E-state index < -0.39 is 0 Å². The molecule has 1 amide bonds. The molecular weight excluding hydrogens is 328 g/mol. The van der Waals surface area contributed by atoms with E-state index in [-0.39, 0.29) is 29.9 Å². The van der Waals surface area contributed by atoms with Crippen molar-refractivity contribution in [1.82, 2.24) is 0 Å². The molecular formula is C19H13F2NOS. The van der Waals surface area contributed by atoms with E-state index >= 15 is 0 Å². The van der Waals surface area contributed by atoms with Crippen molar-refractivity contribution >= 4 is 22.9 Å². The van der Waals surface area contributed by atoms with Gasteiger partial charge in [0.15, 0.2) is 0 Å². The van der Waals surface area contributed by atoms with Crippen molar-refractivity contribution in [3.05, 3.63) is 76.0 Å². The van der Waals surface area contributed by atoms with Crippen LogP contribution in [0.25, 0.3) is 11.1 Å². The highest BCUT2D eigenvalue weighted by molar-refractivity contribution is 7.11. The van der Waals surface area contributed by atoms with Gasteiger partial charge < -0.3 is 5.32 Å². The Morgan fingerprint density at radius 1 is 1.04 bits per heavy atom. The summed E-state index contributed by atoms with van der Waals surface area (Å²) in [4.78, 5) is 13.1. The van der Waals surface area contributed by atoms with Gasteiger partial charge in [-0.25, -0.2) is 8.78 Å². The van der Waals surface area contributed by atoms with Crippen LogP contribution in [0.4, 0.5) is 14.5 Å². The Bertz CT molecular complexity index is 935. The number of halogens is 2. The normalized spacial score (nSPS) is 16.6. The molecule has 0 fully saturated rings. The molecule has 0 aliphatic carbocycles. The lowest BCUT2D eigenvalue weighted by Crippen LogP contribution is -2.22. The van der Waals surface area contributed by atoms with Gasteiger partial charge in [-0.05, 0) is 23.8 Å². The van der Waals surface area contributed by atoms with E-state index in [2.05, 4.69) is 5.32 Å². The van der Waals surface area contributed by atoms with Crippen LogP contribution in [-0.2, 0) is 4.79 Å². The van der Waals surface area contributed by atoms with Gasteiger partial charge >= 0.3 is 0 Å². The minimum atomic E-state index is -0.333. The molecule has 1 aliphatic rings. The number of nitrogens with one attached hydrogen (secondary N) is 1. The number of fused-ring (bicyclic) bond motifs is 1. The van der Waals surface area contributed by atoms with Crippen LogP contribution < -0.4 is 5.32 Å². The molecule has 2 heterocycles. The summed E-state index contributed by atoms with van der Waals surface area (Å²) in [5.41, 5.74) is 2.52. The van der Waals surface area contributed by atoms with Crippen molar-refractivity contribution in [2.24, 2.45) is 0 Å². The van der Waals surface area contributed by atoms with Crippen molar-refractivity contribution in [3.8, 4) is 11.1 Å². The lowest BCUT2D eigenvalue weighted by Gasteiger charge is -2.24. The van der Waals surface area contributed by atoms with Crippen LogP contribution in [0, 0.1) is 11.6 Å². The van der Waals surface area contributed by atoms with Gasteiger partial charge in [0, 0.05) is 33.7 Å². The van der Waals surface area contributed by atoms with Crippen molar-refractivity contribution in [2.75, 3.05) is 5.32 Å². The first-order chi connectivity index (χ1) is 11.6. The molecule has 2 aromatic carbocycles. The Morgan fingerprint density at radius 3 is 2.67 bits per heavy atom. The molecule has 1 aliphatic heterocycles. The van der Waals surface area contributed by atoms with Gasteiger partial charge in [-0.15, -0.1) is 11.3 Å². The molecule has 3 aromatic rings. The maximum absolute atomic E-state index is 14.1. The lowest BCUT2D eigenvalue weighted by molar-refractivity contribution is -0.116. The number of carbonyl (C=O) groups is 1. The Morgan fingerprint density at radius 2 is 1.88 bits per heavy atom. The summed E-state index contributed by atoms with van der Waals surface area (Å²) in [6.07, 6.45) is 0.258. The molecule has 0 saturated carbocycles. The summed E-state index contributed by atoms with van der Waals surface area (Å²) >= 11 is 1.46. The van der Waals surface area contributed by atoms with E-state index in [1.165, 1.54) is 29.5 Å². The number of rotatable bonds is 2. The average Bonchev–Trinajstić information content (AvgIpc) is 2.98. The van der Waals surface area contributed by atoms with Crippen molar-refractivity contribution < 1.29 is 13.6 Å². The van der Waals surface area contributed by atoms with E-state index in [1.807, 2.05) is 11.4 Å². The van der Waals surface area contributed by atoms with Crippen LogP contribution in [-0.4, -0.2) is 5.91 Å². The van der Waals surface area contributed by atoms with Gasteiger partial charge in [0.05, 0.1) is 5.69 Å². The maximum Gasteiger partial charge on any atom is 0.225 e. The molecule has 24 heavy (non-hydrogen) atoms. The van der Waals surface area contributed by atoms with Gasteiger partial charge in [-0.3, -0.25) is 4.79 Å². The smallest absolute Gasteiger partial charge is 0.225 e. The summed E-state index contributed by atoms with van der Waals surface area (Å²) in [7, 11) is 0. The first kappa shape index (κ1) is 15.0. The van der Waals surface area contributed by atoms with E-state index in [0.717, 1.165) is 10.4 Å². The zero-order valence-corrected chi connectivity index (χ0v) is 13.4. The summed E-state index contributed by atoms with van der Waals surface area (Å²) < 4.78 is 27.7. The Hall–Kier alpha value is -2.53. The third-order valence-electron chi connectivity index (χ3n) is 4.20. The fourth-order valence-electron chi connectivity index (χ4n) is 3.10. The van der Waals surface area contributed by atoms with E-state index in [0.29, 0.717) is 16.8 Å². The molecule has 0 spiro atoms. The van der Waals surface area contributed by atoms with Crippen LogP contribution >= 0.6 is 11.3 Å². The molecule has 5 heteroatoms. The number of hydrogen-bond donors (Lipinski definition) is 1. The lowest BCUT2D eigenvalue weighted by atomic mass is 9.89. The minimum absolute atomic E-state index is 0.146. The predicted molar refractivity (Wildman–Crippen MR) is 91.2 cm³/mol. The standard InChI is InChI=1S/C19H13F2NOS/c20-12-5-3-4-11(8-12)14-9-17(23)22-18-15(10-24-19(14)18)13-6-1-2-7-16(13)21/h1-8,10,14H,9H2,(H,22,23). The Labute approximate surface area is 141 Å². The maximum atomic E-state index is 14.1. The quantitative estimate of drug-likeness (QED) is 0.685. The van der Waals surface area contributed by atoms with E-state index in [4.69, 9.17) is 0 Å². The van der Waals surface area contributed by atoms with Crippen molar-refractivity contribution in [2.45, 2.75) is 12.3 Å². The number of benzene rings is 2. The summed E-state index contributed by atoms with van der Waals surface area (Å²) in [6.45, 7) is 0. The third kappa shape index (κ3) is 2.51. The van der Waals surface area contributed by atoms with Gasteiger partial charge in [0.25, 0.3) is 0 Å². The molecule has 120 valence electrons. The topological polar surface area (TPSA) is 29.1 Å². The summed E-state index contributed by atoms with van der Waals surface area (Å²) in [6, 6.07) is 12.8. The molecule has 0 saturated heterocycles. The second-order valence-corrected chi connectivity index (χ2v) is 6.64. The molecule has 1 unspecified atom stereocenters. The highest BCUT2D eigenvalue weighted by atomic mass is 32.1. The fraction of sp³-hybridized carbons (Fsp3) is 0.105. The highest BCUT2D eigenvalue weighted by Gasteiger charge is 2.31. The SMILES string of the molecule is O=C1CC(c2cccc(F)c2)c2scc(-c3ccccc3F)c2N1. The predicted octanol–water partition coefficient (Wildman–Crippen LogP) is 5.17. The van der Waals surface area contributed by atoms with Crippen LogP contribution in [0.3, 0.4) is 0 Å². The van der Waals surface area contributed by atoms with Gasteiger partial charge in [0.2, 0.25) is 5.91 Å². The fourth-order valence-corrected chi connectivity index (χ4v) is 4.25. The molecule has 1 aromatic heterocycles. The molecule has 1 N–H and O–H groups in total. The monoisotopic (exact) mass is 341 g/mol. The van der Waals surface area contributed by atoms with Gasteiger partial charge in [0.1, 0.15) is 11.6 Å². The summed E-state index contributed by atoms with van der Waals surface area (Å²) in [5.74, 6) is -1.02. The third-order valence-corrected chi connectivity index (χ3v) is 5.30. The van der Waals surface area contributed by atoms with Crippen molar-refractivity contribution in [1.29, 1.82) is 0 Å². The number of hydrogen-bond acceptors (Lipinski definition) is 2. The van der Waals surface area contributed by atoms with Crippen molar-refractivity contribution in [3.63, 3.8) is 0 Å². The Balaban J connectivity index is 1.85. The first-order valence-electron chi connectivity index (χ1n) is 7.55. The van der Waals surface area contributed by atoms with Crippen LogP contribution in [0.5, 0.6) is 0 Å². The van der Waals surface area contributed by atoms with Crippen LogP contribution in [0.2, 0.25) is 0 Å². The van der Waals surface area contributed by atoms with E-state index in [9.17, 15) is 13.6 Å². The Kier molecular flexibility index (Phi) is 3.65. The van der Waals surface area contributed by atoms with Gasteiger partial charge in [-0.2, -0.15) is 0 Å².